The van der Waals surface area contributed by atoms with Gasteiger partial charge in [-0.3, -0.25) is 9.69 Å². The lowest BCUT2D eigenvalue weighted by atomic mass is 9.92. The smallest absolute Gasteiger partial charge is 0.393 e. The summed E-state index contributed by atoms with van der Waals surface area (Å²) >= 11 is 0. The van der Waals surface area contributed by atoms with E-state index in [0.29, 0.717) is 19.5 Å². The third kappa shape index (κ3) is 5.22. The number of carbonyl (C=O) groups is 1. The largest absolute Gasteiger partial charge is 0.405 e. The van der Waals surface area contributed by atoms with Crippen LogP contribution in [0.1, 0.15) is 19.8 Å². The molecule has 1 fully saturated rings. The zero-order valence-electron chi connectivity index (χ0n) is 10.3. The molecule has 1 aliphatic rings. The van der Waals surface area contributed by atoms with Crippen molar-refractivity contribution < 1.29 is 23.1 Å². The monoisotopic (exact) mass is 268 g/mol. The van der Waals surface area contributed by atoms with E-state index in [9.17, 15) is 23.1 Å². The van der Waals surface area contributed by atoms with Crippen LogP contribution < -0.4 is 5.32 Å². The Morgan fingerprint density at radius 3 is 2.72 bits per heavy atom. The molecule has 0 aliphatic carbocycles. The fourth-order valence-corrected chi connectivity index (χ4v) is 2.10. The molecule has 106 valence electrons. The Hall–Kier alpha value is -0.820. The van der Waals surface area contributed by atoms with Gasteiger partial charge in [0, 0.05) is 13.1 Å². The summed E-state index contributed by atoms with van der Waals surface area (Å²) in [6.07, 6.45) is -3.39. The SMILES string of the molecule is CCC1CN(CC(=O)NCC(F)(F)F)CCC1O. The second-order valence-electron chi connectivity index (χ2n) is 4.65. The lowest BCUT2D eigenvalue weighted by Crippen LogP contribution is -2.48. The number of aliphatic hydroxyl groups excluding tert-OH is 1. The van der Waals surface area contributed by atoms with Crippen molar-refractivity contribution in [2.75, 3.05) is 26.2 Å². The number of hydrogen-bond donors (Lipinski definition) is 2. The van der Waals surface area contributed by atoms with E-state index in [0.717, 1.165) is 6.42 Å². The highest BCUT2D eigenvalue weighted by Gasteiger charge is 2.30. The molecule has 0 saturated carbocycles. The summed E-state index contributed by atoms with van der Waals surface area (Å²) in [5, 5.41) is 11.5. The lowest BCUT2D eigenvalue weighted by molar-refractivity contribution is -0.139. The Balaban J connectivity index is 2.32. The lowest BCUT2D eigenvalue weighted by Gasteiger charge is -2.35. The van der Waals surface area contributed by atoms with Gasteiger partial charge in [-0.1, -0.05) is 6.92 Å². The number of rotatable bonds is 4. The molecule has 18 heavy (non-hydrogen) atoms. The second kappa shape index (κ2) is 6.38. The molecule has 1 aliphatic heterocycles. The first-order chi connectivity index (χ1) is 8.31. The van der Waals surface area contributed by atoms with Crippen molar-refractivity contribution in [3.05, 3.63) is 0 Å². The minimum absolute atomic E-state index is 0.0424. The van der Waals surface area contributed by atoms with Crippen molar-refractivity contribution in [2.24, 2.45) is 5.92 Å². The Kier molecular flexibility index (Phi) is 5.40. The van der Waals surface area contributed by atoms with Crippen molar-refractivity contribution in [3.8, 4) is 0 Å². The first kappa shape index (κ1) is 15.2. The molecule has 0 aromatic rings. The molecular weight excluding hydrogens is 249 g/mol. The second-order valence-corrected chi connectivity index (χ2v) is 4.65. The van der Waals surface area contributed by atoms with Crippen molar-refractivity contribution in [3.63, 3.8) is 0 Å². The minimum atomic E-state index is -4.38. The molecule has 2 unspecified atom stereocenters. The van der Waals surface area contributed by atoms with E-state index < -0.39 is 18.6 Å². The highest BCUT2D eigenvalue weighted by atomic mass is 19.4. The number of nitrogens with zero attached hydrogens (tertiary/aromatic N) is 1. The van der Waals surface area contributed by atoms with Gasteiger partial charge in [0.2, 0.25) is 5.91 Å². The fraction of sp³-hybridized carbons (Fsp3) is 0.909. The summed E-state index contributed by atoms with van der Waals surface area (Å²) in [5.74, 6) is -0.535. The van der Waals surface area contributed by atoms with Crippen LogP contribution in [0.3, 0.4) is 0 Å². The average molecular weight is 268 g/mol. The van der Waals surface area contributed by atoms with Gasteiger partial charge in [-0.15, -0.1) is 0 Å². The maximum Gasteiger partial charge on any atom is 0.405 e. The van der Waals surface area contributed by atoms with Crippen LogP contribution in [0.4, 0.5) is 13.2 Å². The van der Waals surface area contributed by atoms with Gasteiger partial charge in [0.1, 0.15) is 6.54 Å². The molecule has 2 atom stereocenters. The predicted molar refractivity (Wildman–Crippen MR) is 59.9 cm³/mol. The Bertz CT molecular complexity index is 284. The first-order valence-corrected chi connectivity index (χ1v) is 6.05. The highest BCUT2D eigenvalue weighted by molar-refractivity contribution is 5.78. The summed E-state index contributed by atoms with van der Waals surface area (Å²) in [6, 6.07) is 0. The predicted octanol–water partition coefficient (Wildman–Crippen LogP) is 0.758. The summed E-state index contributed by atoms with van der Waals surface area (Å²) in [4.78, 5) is 13.1. The molecular formula is C11H19F3N2O2. The Labute approximate surface area is 104 Å². The van der Waals surface area contributed by atoms with Crippen LogP contribution in [0.15, 0.2) is 0 Å². The van der Waals surface area contributed by atoms with E-state index in [-0.39, 0.29) is 18.6 Å². The number of piperidine rings is 1. The molecule has 0 radical (unpaired) electrons. The number of likely N-dealkylation sites (tertiary alicyclic amines) is 1. The van der Waals surface area contributed by atoms with Crippen LogP contribution in [-0.4, -0.2) is 54.4 Å². The van der Waals surface area contributed by atoms with E-state index in [4.69, 9.17) is 0 Å². The maximum absolute atomic E-state index is 11.9. The minimum Gasteiger partial charge on any atom is -0.393 e. The average Bonchev–Trinajstić information content (AvgIpc) is 2.28. The topological polar surface area (TPSA) is 52.6 Å². The fourth-order valence-electron chi connectivity index (χ4n) is 2.10. The first-order valence-electron chi connectivity index (χ1n) is 6.05. The van der Waals surface area contributed by atoms with Gasteiger partial charge in [-0.05, 0) is 18.8 Å². The number of nitrogens with one attached hydrogen (secondary N) is 1. The van der Waals surface area contributed by atoms with E-state index in [2.05, 4.69) is 0 Å². The molecule has 0 spiro atoms. The van der Waals surface area contributed by atoms with Crippen LogP contribution in [0.25, 0.3) is 0 Å². The van der Waals surface area contributed by atoms with Crippen molar-refractivity contribution in [2.45, 2.75) is 32.0 Å². The zero-order chi connectivity index (χ0) is 13.8. The molecule has 1 saturated heterocycles. The Morgan fingerprint density at radius 2 is 2.17 bits per heavy atom. The van der Waals surface area contributed by atoms with Gasteiger partial charge in [-0.2, -0.15) is 13.2 Å². The molecule has 1 heterocycles. The van der Waals surface area contributed by atoms with Crippen LogP contribution in [0.2, 0.25) is 0 Å². The summed E-state index contributed by atoms with van der Waals surface area (Å²) in [7, 11) is 0. The molecule has 4 nitrogen and oxygen atoms in total. The van der Waals surface area contributed by atoms with Gasteiger partial charge in [-0.25, -0.2) is 0 Å². The van der Waals surface area contributed by atoms with Crippen molar-refractivity contribution >= 4 is 5.91 Å². The van der Waals surface area contributed by atoms with E-state index in [1.807, 2.05) is 12.2 Å². The maximum atomic E-state index is 11.9. The van der Waals surface area contributed by atoms with Gasteiger partial charge in [0.05, 0.1) is 12.6 Å². The summed E-state index contributed by atoms with van der Waals surface area (Å²) in [5.41, 5.74) is 0. The van der Waals surface area contributed by atoms with Crippen LogP contribution in [0.5, 0.6) is 0 Å². The number of carbonyl (C=O) groups excluding carboxylic acids is 1. The van der Waals surface area contributed by atoms with Crippen LogP contribution in [0, 0.1) is 5.92 Å². The molecule has 0 aromatic heterocycles. The quantitative estimate of drug-likeness (QED) is 0.791. The van der Waals surface area contributed by atoms with E-state index in [1.165, 1.54) is 0 Å². The van der Waals surface area contributed by atoms with E-state index >= 15 is 0 Å². The summed E-state index contributed by atoms with van der Waals surface area (Å²) < 4.78 is 35.7. The standard InChI is InChI=1S/C11H19F3N2O2/c1-2-8-5-16(4-3-9(8)17)6-10(18)15-7-11(12,13)14/h8-9,17H,2-7H2,1H3,(H,15,18). The number of amides is 1. The highest BCUT2D eigenvalue weighted by Crippen LogP contribution is 2.19. The number of alkyl halides is 3. The molecule has 0 aromatic carbocycles. The third-order valence-electron chi connectivity index (χ3n) is 3.16. The van der Waals surface area contributed by atoms with Crippen LogP contribution >= 0.6 is 0 Å². The number of hydrogen-bond acceptors (Lipinski definition) is 3. The summed E-state index contributed by atoms with van der Waals surface area (Å²) in [6.45, 7) is 1.70. The molecule has 0 bridgehead atoms. The molecule has 2 N–H and O–H groups in total. The number of halogens is 3. The Morgan fingerprint density at radius 1 is 1.50 bits per heavy atom. The van der Waals surface area contributed by atoms with Crippen LogP contribution in [-0.2, 0) is 4.79 Å². The van der Waals surface area contributed by atoms with Gasteiger partial charge in [0.25, 0.3) is 0 Å². The van der Waals surface area contributed by atoms with Gasteiger partial charge in [0.15, 0.2) is 0 Å². The molecule has 1 rings (SSSR count). The van der Waals surface area contributed by atoms with Gasteiger partial charge < -0.3 is 10.4 Å². The van der Waals surface area contributed by atoms with Crippen molar-refractivity contribution in [1.29, 1.82) is 0 Å². The van der Waals surface area contributed by atoms with E-state index in [1.54, 1.807) is 4.90 Å². The molecule has 7 heteroatoms. The van der Waals surface area contributed by atoms with Gasteiger partial charge >= 0.3 is 6.18 Å². The normalized spacial score (nSPS) is 26.1. The number of aliphatic hydroxyl groups is 1. The zero-order valence-corrected chi connectivity index (χ0v) is 10.3. The third-order valence-corrected chi connectivity index (χ3v) is 3.16. The molecule has 1 amide bonds. The van der Waals surface area contributed by atoms with Crippen molar-refractivity contribution in [1.82, 2.24) is 10.2 Å².